The summed E-state index contributed by atoms with van der Waals surface area (Å²) in [5, 5.41) is 9.31. The number of aliphatic hydroxyl groups excluding tert-OH is 1. The maximum absolute atomic E-state index is 9.31. The molecular formula is C13H20N2O. The zero-order valence-corrected chi connectivity index (χ0v) is 9.76. The molecule has 2 unspecified atom stereocenters. The second-order valence-electron chi connectivity index (χ2n) is 4.56. The number of nitrogen functional groups attached to an aromatic ring is 1. The maximum Gasteiger partial charge on any atom is 0.0587 e. The van der Waals surface area contributed by atoms with Gasteiger partial charge in [-0.1, -0.05) is 12.1 Å². The van der Waals surface area contributed by atoms with E-state index in [1.165, 1.54) is 12.0 Å². The molecule has 1 fully saturated rings. The second-order valence-corrected chi connectivity index (χ2v) is 4.56. The first-order valence-electron chi connectivity index (χ1n) is 5.94. The lowest BCUT2D eigenvalue weighted by atomic mass is 10.1. The Balaban J connectivity index is 2.12. The van der Waals surface area contributed by atoms with Gasteiger partial charge in [0, 0.05) is 17.8 Å². The molecule has 3 heteroatoms. The van der Waals surface area contributed by atoms with Gasteiger partial charge in [-0.05, 0) is 44.0 Å². The molecule has 0 saturated carbocycles. The van der Waals surface area contributed by atoms with Crippen molar-refractivity contribution in [1.29, 1.82) is 0 Å². The van der Waals surface area contributed by atoms with Crippen molar-refractivity contribution < 1.29 is 5.11 Å². The van der Waals surface area contributed by atoms with Crippen LogP contribution in [0.15, 0.2) is 24.3 Å². The fourth-order valence-electron chi connectivity index (χ4n) is 2.53. The average Bonchev–Trinajstić information content (AvgIpc) is 2.77. The molecule has 1 aliphatic heterocycles. The van der Waals surface area contributed by atoms with Crippen molar-refractivity contribution in [1.82, 2.24) is 4.90 Å². The molecule has 0 aromatic heterocycles. The van der Waals surface area contributed by atoms with Crippen molar-refractivity contribution in [3.05, 3.63) is 29.8 Å². The van der Waals surface area contributed by atoms with Gasteiger partial charge in [0.15, 0.2) is 0 Å². The molecule has 0 aliphatic carbocycles. The monoisotopic (exact) mass is 220 g/mol. The molecule has 1 saturated heterocycles. The third-order valence-corrected chi connectivity index (χ3v) is 3.55. The minimum Gasteiger partial charge on any atom is -0.399 e. The van der Waals surface area contributed by atoms with Crippen LogP contribution in [0.2, 0.25) is 0 Å². The average molecular weight is 220 g/mol. The van der Waals surface area contributed by atoms with E-state index in [2.05, 4.69) is 24.0 Å². The fraction of sp³-hybridized carbons (Fsp3) is 0.538. The van der Waals surface area contributed by atoms with Gasteiger partial charge in [-0.2, -0.15) is 0 Å². The van der Waals surface area contributed by atoms with Gasteiger partial charge in [-0.15, -0.1) is 0 Å². The number of hydrogen-bond donors (Lipinski definition) is 2. The standard InChI is InChI=1S/C13H20N2O/c1-10(11-4-6-12(14)7-5-11)15-8-2-3-13(15)9-16/h4-7,10,13,16H,2-3,8-9,14H2,1H3. The van der Waals surface area contributed by atoms with Gasteiger partial charge < -0.3 is 10.8 Å². The van der Waals surface area contributed by atoms with Crippen LogP contribution in [0.1, 0.15) is 31.4 Å². The summed E-state index contributed by atoms with van der Waals surface area (Å²) in [5.74, 6) is 0. The molecule has 0 radical (unpaired) electrons. The van der Waals surface area contributed by atoms with Gasteiger partial charge in [-0.25, -0.2) is 0 Å². The summed E-state index contributed by atoms with van der Waals surface area (Å²) in [6, 6.07) is 8.72. The third kappa shape index (κ3) is 2.20. The number of hydrogen-bond acceptors (Lipinski definition) is 3. The highest BCUT2D eigenvalue weighted by Crippen LogP contribution is 2.29. The topological polar surface area (TPSA) is 49.5 Å². The van der Waals surface area contributed by atoms with Gasteiger partial charge >= 0.3 is 0 Å². The highest BCUT2D eigenvalue weighted by Gasteiger charge is 2.28. The van der Waals surface area contributed by atoms with Gasteiger partial charge in [0.2, 0.25) is 0 Å². The number of aliphatic hydroxyl groups is 1. The largest absolute Gasteiger partial charge is 0.399 e. The predicted octanol–water partition coefficient (Wildman–Crippen LogP) is 1.79. The van der Waals surface area contributed by atoms with Crippen LogP contribution in [0.5, 0.6) is 0 Å². The van der Waals surface area contributed by atoms with Crippen molar-refractivity contribution in [2.24, 2.45) is 0 Å². The summed E-state index contributed by atoms with van der Waals surface area (Å²) in [7, 11) is 0. The van der Waals surface area contributed by atoms with Crippen molar-refractivity contribution in [2.75, 3.05) is 18.9 Å². The van der Waals surface area contributed by atoms with Crippen LogP contribution in [0.4, 0.5) is 5.69 Å². The Hall–Kier alpha value is -1.06. The molecule has 0 bridgehead atoms. The molecule has 0 spiro atoms. The molecule has 1 aromatic carbocycles. The molecule has 3 nitrogen and oxygen atoms in total. The first kappa shape index (κ1) is 11.4. The zero-order chi connectivity index (χ0) is 11.5. The number of likely N-dealkylation sites (tertiary alicyclic amines) is 1. The first-order valence-corrected chi connectivity index (χ1v) is 5.94. The number of nitrogens with two attached hydrogens (primary N) is 1. The van der Waals surface area contributed by atoms with Crippen molar-refractivity contribution in [2.45, 2.75) is 31.8 Å². The van der Waals surface area contributed by atoms with Crippen LogP contribution in [0, 0.1) is 0 Å². The summed E-state index contributed by atoms with van der Waals surface area (Å²) in [5.41, 5.74) is 7.75. The normalized spacial score (nSPS) is 23.5. The van der Waals surface area contributed by atoms with Crippen LogP contribution in [-0.4, -0.2) is 29.2 Å². The van der Waals surface area contributed by atoms with Crippen molar-refractivity contribution in [3.8, 4) is 0 Å². The Morgan fingerprint density at radius 3 is 2.75 bits per heavy atom. The van der Waals surface area contributed by atoms with Gasteiger partial charge in [-0.3, -0.25) is 4.90 Å². The molecule has 88 valence electrons. The van der Waals surface area contributed by atoms with E-state index in [1.807, 2.05) is 12.1 Å². The smallest absolute Gasteiger partial charge is 0.0587 e. The first-order chi connectivity index (χ1) is 7.72. The lowest BCUT2D eigenvalue weighted by Gasteiger charge is -2.29. The van der Waals surface area contributed by atoms with Crippen molar-refractivity contribution in [3.63, 3.8) is 0 Å². The van der Waals surface area contributed by atoms with E-state index in [4.69, 9.17) is 5.73 Å². The lowest BCUT2D eigenvalue weighted by Crippen LogP contribution is -2.34. The summed E-state index contributed by atoms with van der Waals surface area (Å²) in [4.78, 5) is 2.38. The minimum atomic E-state index is 0.263. The summed E-state index contributed by atoms with van der Waals surface area (Å²) >= 11 is 0. The highest BCUT2D eigenvalue weighted by atomic mass is 16.3. The lowest BCUT2D eigenvalue weighted by molar-refractivity contribution is 0.126. The van der Waals surface area contributed by atoms with E-state index in [-0.39, 0.29) is 6.61 Å². The molecule has 2 atom stereocenters. The Morgan fingerprint density at radius 1 is 1.44 bits per heavy atom. The number of anilines is 1. The van der Waals surface area contributed by atoms with Crippen molar-refractivity contribution >= 4 is 5.69 Å². The van der Waals surface area contributed by atoms with E-state index in [9.17, 15) is 5.11 Å². The summed E-state index contributed by atoms with van der Waals surface area (Å²) < 4.78 is 0. The van der Waals surface area contributed by atoms with E-state index in [0.29, 0.717) is 12.1 Å². The maximum atomic E-state index is 9.31. The van der Waals surface area contributed by atoms with Crippen LogP contribution in [-0.2, 0) is 0 Å². The van der Waals surface area contributed by atoms with E-state index >= 15 is 0 Å². The van der Waals surface area contributed by atoms with Crippen LogP contribution < -0.4 is 5.73 Å². The van der Waals surface area contributed by atoms with E-state index < -0.39 is 0 Å². The van der Waals surface area contributed by atoms with E-state index in [0.717, 1.165) is 18.7 Å². The fourth-order valence-corrected chi connectivity index (χ4v) is 2.53. The Morgan fingerprint density at radius 2 is 2.12 bits per heavy atom. The molecular weight excluding hydrogens is 200 g/mol. The quantitative estimate of drug-likeness (QED) is 0.763. The summed E-state index contributed by atoms with van der Waals surface area (Å²) in [6.45, 7) is 3.54. The Bertz CT molecular complexity index is 336. The molecule has 0 amide bonds. The second kappa shape index (κ2) is 4.85. The minimum absolute atomic E-state index is 0.263. The van der Waals surface area contributed by atoms with Gasteiger partial charge in [0.25, 0.3) is 0 Å². The Kier molecular flexibility index (Phi) is 3.46. The van der Waals surface area contributed by atoms with Crippen LogP contribution in [0.25, 0.3) is 0 Å². The molecule has 2 rings (SSSR count). The number of nitrogens with zero attached hydrogens (tertiary/aromatic N) is 1. The van der Waals surface area contributed by atoms with Gasteiger partial charge in [0.1, 0.15) is 0 Å². The highest BCUT2D eigenvalue weighted by molar-refractivity contribution is 5.40. The molecule has 1 aliphatic rings. The van der Waals surface area contributed by atoms with Crippen LogP contribution >= 0.6 is 0 Å². The molecule has 1 aromatic rings. The SMILES string of the molecule is CC(c1ccc(N)cc1)N1CCCC1CO. The van der Waals surface area contributed by atoms with Crippen LogP contribution in [0.3, 0.4) is 0 Å². The third-order valence-electron chi connectivity index (χ3n) is 3.55. The Labute approximate surface area is 96.9 Å². The number of rotatable bonds is 3. The summed E-state index contributed by atoms with van der Waals surface area (Å²) in [6.07, 6.45) is 2.29. The van der Waals surface area contributed by atoms with E-state index in [1.54, 1.807) is 0 Å². The molecule has 1 heterocycles. The zero-order valence-electron chi connectivity index (χ0n) is 9.76. The number of benzene rings is 1. The predicted molar refractivity (Wildman–Crippen MR) is 66.1 cm³/mol. The van der Waals surface area contributed by atoms with Gasteiger partial charge in [0.05, 0.1) is 6.61 Å². The molecule has 3 N–H and O–H groups in total. The molecule has 16 heavy (non-hydrogen) atoms.